The summed E-state index contributed by atoms with van der Waals surface area (Å²) in [4.78, 5) is 15.7. The lowest BCUT2D eigenvalue weighted by molar-refractivity contribution is 0.0698. The summed E-state index contributed by atoms with van der Waals surface area (Å²) >= 11 is 0. The molecule has 0 fully saturated rings. The highest BCUT2D eigenvalue weighted by Gasteiger charge is 2.12. The van der Waals surface area contributed by atoms with Gasteiger partial charge in [0.15, 0.2) is 5.65 Å². The van der Waals surface area contributed by atoms with Gasteiger partial charge in [0.2, 0.25) is 0 Å². The Morgan fingerprint density at radius 1 is 1.27 bits per heavy atom. The largest absolute Gasteiger partial charge is 0.494 e. The fourth-order valence-corrected chi connectivity index (χ4v) is 2.26. The molecule has 0 bridgehead atoms. The molecule has 3 aromatic rings. The molecular weight excluding hydrogens is 280 g/mol. The zero-order valence-electron chi connectivity index (χ0n) is 12.2. The molecule has 3 rings (SSSR count). The summed E-state index contributed by atoms with van der Waals surface area (Å²) in [7, 11) is 0. The van der Waals surface area contributed by atoms with Crippen LogP contribution in [0, 0.1) is 0 Å². The van der Waals surface area contributed by atoms with Crippen LogP contribution in [0.25, 0.3) is 16.9 Å². The summed E-state index contributed by atoms with van der Waals surface area (Å²) in [5, 5.41) is 9.21. The third-order valence-corrected chi connectivity index (χ3v) is 3.34. The van der Waals surface area contributed by atoms with Crippen molar-refractivity contribution in [3.8, 4) is 17.0 Å². The molecule has 0 aliphatic rings. The van der Waals surface area contributed by atoms with E-state index in [1.807, 2.05) is 30.5 Å². The molecule has 0 saturated carbocycles. The topological polar surface area (TPSA) is 63.8 Å². The van der Waals surface area contributed by atoms with E-state index in [9.17, 15) is 9.90 Å². The van der Waals surface area contributed by atoms with Gasteiger partial charge in [-0.25, -0.2) is 9.78 Å². The van der Waals surface area contributed by atoms with E-state index in [4.69, 9.17) is 4.74 Å². The van der Waals surface area contributed by atoms with Gasteiger partial charge in [-0.2, -0.15) is 0 Å². The van der Waals surface area contributed by atoms with Crippen molar-refractivity contribution in [3.63, 3.8) is 0 Å². The van der Waals surface area contributed by atoms with Crippen molar-refractivity contribution in [3.05, 3.63) is 54.4 Å². The average molecular weight is 296 g/mol. The number of imidazole rings is 1. The van der Waals surface area contributed by atoms with E-state index >= 15 is 0 Å². The van der Waals surface area contributed by atoms with E-state index in [1.165, 1.54) is 0 Å². The molecule has 2 heterocycles. The summed E-state index contributed by atoms with van der Waals surface area (Å²) < 4.78 is 7.27. The zero-order chi connectivity index (χ0) is 15.5. The van der Waals surface area contributed by atoms with E-state index in [-0.39, 0.29) is 5.56 Å². The number of aromatic carboxylic acids is 1. The van der Waals surface area contributed by atoms with Crippen LogP contribution in [0.5, 0.6) is 5.75 Å². The third-order valence-electron chi connectivity index (χ3n) is 3.34. The van der Waals surface area contributed by atoms with Crippen LogP contribution in [0.15, 0.2) is 48.8 Å². The van der Waals surface area contributed by atoms with Gasteiger partial charge in [-0.15, -0.1) is 0 Å². The summed E-state index contributed by atoms with van der Waals surface area (Å²) in [5.41, 5.74) is 2.28. The lowest BCUT2D eigenvalue weighted by Crippen LogP contribution is -1.99. The van der Waals surface area contributed by atoms with Gasteiger partial charge in [-0.3, -0.25) is 0 Å². The zero-order valence-corrected chi connectivity index (χ0v) is 12.2. The summed E-state index contributed by atoms with van der Waals surface area (Å²) in [6.07, 6.45) is 4.58. The quantitative estimate of drug-likeness (QED) is 0.782. The molecule has 1 aromatic carbocycles. The van der Waals surface area contributed by atoms with Crippen LogP contribution in [-0.4, -0.2) is 27.1 Å². The Hall–Kier alpha value is -2.82. The maximum Gasteiger partial charge on any atom is 0.339 e. The first-order valence-corrected chi connectivity index (χ1v) is 7.13. The Morgan fingerprint density at radius 3 is 2.73 bits per heavy atom. The molecule has 0 atom stereocenters. The van der Waals surface area contributed by atoms with Gasteiger partial charge in [-0.1, -0.05) is 6.92 Å². The second-order valence-electron chi connectivity index (χ2n) is 4.96. The molecule has 0 radical (unpaired) electrons. The molecule has 0 aliphatic heterocycles. The predicted molar refractivity (Wildman–Crippen MR) is 83.4 cm³/mol. The number of carboxylic acid groups (broad SMARTS) is 1. The van der Waals surface area contributed by atoms with Crippen LogP contribution < -0.4 is 4.74 Å². The van der Waals surface area contributed by atoms with Gasteiger partial charge in [0, 0.05) is 18.0 Å². The van der Waals surface area contributed by atoms with Crippen LogP contribution in [0.1, 0.15) is 23.7 Å². The first-order chi connectivity index (χ1) is 10.7. The van der Waals surface area contributed by atoms with E-state index < -0.39 is 5.97 Å². The minimum Gasteiger partial charge on any atom is -0.494 e. The number of hydrogen-bond donors (Lipinski definition) is 1. The van der Waals surface area contributed by atoms with E-state index in [0.717, 1.165) is 23.4 Å². The summed E-state index contributed by atoms with van der Waals surface area (Å²) in [6, 6.07) is 10.9. The first kappa shape index (κ1) is 14.1. The molecule has 0 unspecified atom stereocenters. The Bertz CT molecular complexity index is 806. The molecule has 0 amide bonds. The molecule has 0 spiro atoms. The Balaban J connectivity index is 1.96. The Morgan fingerprint density at radius 2 is 2.05 bits per heavy atom. The monoisotopic (exact) mass is 296 g/mol. The molecule has 2 aromatic heterocycles. The average Bonchev–Trinajstić information content (AvgIpc) is 2.97. The van der Waals surface area contributed by atoms with Crippen LogP contribution in [0.3, 0.4) is 0 Å². The highest BCUT2D eigenvalue weighted by molar-refractivity contribution is 5.94. The predicted octanol–water partition coefficient (Wildman–Crippen LogP) is 3.49. The SMILES string of the molecule is CCCOc1ccc(-c2cn3cccc(C(=O)O)c3n2)cc1. The minimum atomic E-state index is -0.980. The van der Waals surface area contributed by atoms with Gasteiger partial charge in [-0.05, 0) is 42.8 Å². The number of carbonyl (C=O) groups is 1. The van der Waals surface area contributed by atoms with Gasteiger partial charge < -0.3 is 14.2 Å². The number of aromatic nitrogens is 2. The van der Waals surface area contributed by atoms with Crippen LogP contribution in [-0.2, 0) is 0 Å². The van der Waals surface area contributed by atoms with Gasteiger partial charge >= 0.3 is 5.97 Å². The lowest BCUT2D eigenvalue weighted by atomic mass is 10.2. The molecule has 0 saturated heterocycles. The Labute approximate surface area is 127 Å². The summed E-state index contributed by atoms with van der Waals surface area (Å²) in [5.74, 6) is -0.161. The molecule has 5 heteroatoms. The van der Waals surface area contributed by atoms with Crippen molar-refractivity contribution in [2.24, 2.45) is 0 Å². The van der Waals surface area contributed by atoms with Crippen molar-refractivity contribution >= 4 is 11.6 Å². The third kappa shape index (κ3) is 2.65. The fraction of sp³-hybridized carbons (Fsp3) is 0.176. The van der Waals surface area contributed by atoms with Crippen LogP contribution in [0.4, 0.5) is 0 Å². The molecule has 1 N–H and O–H groups in total. The van der Waals surface area contributed by atoms with Crippen molar-refractivity contribution in [2.45, 2.75) is 13.3 Å². The van der Waals surface area contributed by atoms with Gasteiger partial charge in [0.25, 0.3) is 0 Å². The number of pyridine rings is 1. The van der Waals surface area contributed by atoms with E-state index in [2.05, 4.69) is 11.9 Å². The van der Waals surface area contributed by atoms with E-state index in [1.54, 1.807) is 22.7 Å². The highest BCUT2D eigenvalue weighted by atomic mass is 16.5. The van der Waals surface area contributed by atoms with Crippen molar-refractivity contribution in [2.75, 3.05) is 6.61 Å². The van der Waals surface area contributed by atoms with Crippen molar-refractivity contribution in [1.82, 2.24) is 9.38 Å². The maximum atomic E-state index is 11.2. The fourth-order valence-electron chi connectivity index (χ4n) is 2.26. The number of rotatable bonds is 5. The molecular formula is C17H16N2O3. The number of hydrogen-bond acceptors (Lipinski definition) is 3. The number of benzene rings is 1. The lowest BCUT2D eigenvalue weighted by Gasteiger charge is -2.04. The standard InChI is InChI=1S/C17H16N2O3/c1-2-10-22-13-7-5-12(6-8-13)15-11-19-9-3-4-14(17(20)21)16(19)18-15/h3-9,11H,2,10H2,1H3,(H,20,21). The van der Waals surface area contributed by atoms with Crippen LogP contribution in [0.2, 0.25) is 0 Å². The van der Waals surface area contributed by atoms with Crippen molar-refractivity contribution in [1.29, 1.82) is 0 Å². The molecule has 112 valence electrons. The number of carboxylic acids is 1. The number of ether oxygens (including phenoxy) is 1. The van der Waals surface area contributed by atoms with Gasteiger partial charge in [0.05, 0.1) is 12.3 Å². The van der Waals surface area contributed by atoms with E-state index in [0.29, 0.717) is 12.3 Å². The minimum absolute atomic E-state index is 0.191. The van der Waals surface area contributed by atoms with Gasteiger partial charge in [0.1, 0.15) is 11.3 Å². The molecule has 0 aliphatic carbocycles. The molecule has 5 nitrogen and oxygen atoms in total. The number of nitrogens with zero attached hydrogens (tertiary/aromatic N) is 2. The van der Waals surface area contributed by atoms with Crippen molar-refractivity contribution < 1.29 is 14.6 Å². The second-order valence-corrected chi connectivity index (χ2v) is 4.96. The first-order valence-electron chi connectivity index (χ1n) is 7.13. The maximum absolute atomic E-state index is 11.2. The Kier molecular flexibility index (Phi) is 3.78. The highest BCUT2D eigenvalue weighted by Crippen LogP contribution is 2.23. The number of fused-ring (bicyclic) bond motifs is 1. The van der Waals surface area contributed by atoms with Crippen LogP contribution >= 0.6 is 0 Å². The normalized spacial score (nSPS) is 10.8. The summed E-state index contributed by atoms with van der Waals surface area (Å²) in [6.45, 7) is 2.75. The smallest absolute Gasteiger partial charge is 0.339 e. The molecule has 22 heavy (non-hydrogen) atoms. The second kappa shape index (κ2) is 5.89.